The van der Waals surface area contributed by atoms with E-state index in [-0.39, 0.29) is 0 Å². The van der Waals surface area contributed by atoms with Crippen molar-refractivity contribution in [3.63, 3.8) is 0 Å². The molecule has 0 radical (unpaired) electrons. The van der Waals surface area contributed by atoms with Crippen LogP contribution in [0.25, 0.3) is 0 Å². The molecule has 0 bridgehead atoms. The van der Waals surface area contributed by atoms with E-state index >= 15 is 0 Å². The summed E-state index contributed by atoms with van der Waals surface area (Å²) in [5, 5.41) is 8.31. The Morgan fingerprint density at radius 1 is 1.17 bits per heavy atom. The van der Waals surface area contributed by atoms with E-state index in [1.807, 2.05) is 0 Å². The molecule has 2 fully saturated rings. The van der Waals surface area contributed by atoms with Gasteiger partial charge in [-0.2, -0.15) is 5.10 Å². The number of rotatable bonds is 6. The molecule has 0 unspecified atom stereocenters. The predicted molar refractivity (Wildman–Crippen MR) is 95.7 cm³/mol. The lowest BCUT2D eigenvalue weighted by Crippen LogP contribution is -2.43. The molecular weight excluding hydrogens is 284 g/mol. The maximum atomic E-state index is 4.57. The molecular formula is C19H34N4. The van der Waals surface area contributed by atoms with Gasteiger partial charge in [-0.3, -0.25) is 4.68 Å². The summed E-state index contributed by atoms with van der Waals surface area (Å²) in [6.07, 6.45) is 8.55. The summed E-state index contributed by atoms with van der Waals surface area (Å²) in [6, 6.07) is 3.56. The normalized spacial score (nSPS) is 22.7. The summed E-state index contributed by atoms with van der Waals surface area (Å²) in [7, 11) is 0. The van der Waals surface area contributed by atoms with Gasteiger partial charge in [-0.15, -0.1) is 0 Å². The molecule has 1 aliphatic carbocycles. The molecule has 23 heavy (non-hydrogen) atoms. The Labute approximate surface area is 141 Å². The van der Waals surface area contributed by atoms with Gasteiger partial charge in [0.15, 0.2) is 0 Å². The molecule has 1 saturated heterocycles. The Morgan fingerprint density at radius 2 is 1.87 bits per heavy atom. The van der Waals surface area contributed by atoms with E-state index in [0.29, 0.717) is 6.04 Å². The van der Waals surface area contributed by atoms with Crippen molar-refractivity contribution in [3.05, 3.63) is 17.5 Å². The minimum Gasteiger partial charge on any atom is -0.312 e. The van der Waals surface area contributed by atoms with Gasteiger partial charge in [-0.05, 0) is 78.1 Å². The number of aromatic nitrogens is 2. The first-order chi connectivity index (χ1) is 11.1. The first-order valence-corrected chi connectivity index (χ1v) is 9.60. The molecule has 1 aromatic rings. The largest absolute Gasteiger partial charge is 0.312 e. The fraction of sp³-hybridized carbons (Fsp3) is 0.842. The maximum Gasteiger partial charge on any atom is 0.0596 e. The Bertz CT molecular complexity index is 482. The van der Waals surface area contributed by atoms with Crippen molar-refractivity contribution >= 4 is 0 Å². The molecule has 4 nitrogen and oxygen atoms in total. The van der Waals surface area contributed by atoms with Crippen molar-refractivity contribution in [2.45, 2.75) is 77.9 Å². The second-order valence-corrected chi connectivity index (χ2v) is 7.84. The van der Waals surface area contributed by atoms with Gasteiger partial charge in [0.25, 0.3) is 0 Å². The molecule has 0 amide bonds. The third kappa shape index (κ3) is 4.57. The van der Waals surface area contributed by atoms with E-state index in [1.165, 1.54) is 63.9 Å². The van der Waals surface area contributed by atoms with E-state index < -0.39 is 0 Å². The molecule has 1 atom stereocenters. The third-order valence-electron chi connectivity index (χ3n) is 5.80. The zero-order chi connectivity index (χ0) is 16.2. The van der Waals surface area contributed by atoms with Crippen LogP contribution in [-0.2, 0) is 6.54 Å². The highest BCUT2D eigenvalue weighted by Crippen LogP contribution is 2.27. The fourth-order valence-corrected chi connectivity index (χ4v) is 4.34. The van der Waals surface area contributed by atoms with E-state index in [2.05, 4.69) is 46.8 Å². The molecule has 0 aromatic carbocycles. The molecule has 0 spiro atoms. The van der Waals surface area contributed by atoms with Crippen molar-refractivity contribution in [2.75, 3.05) is 19.6 Å². The highest BCUT2D eigenvalue weighted by molar-refractivity contribution is 5.06. The van der Waals surface area contributed by atoms with Gasteiger partial charge >= 0.3 is 0 Å². The van der Waals surface area contributed by atoms with Crippen LogP contribution >= 0.6 is 0 Å². The fourth-order valence-electron chi connectivity index (χ4n) is 4.34. The van der Waals surface area contributed by atoms with Gasteiger partial charge in [0.1, 0.15) is 0 Å². The zero-order valence-corrected chi connectivity index (χ0v) is 15.2. The Balaban J connectivity index is 1.36. The second kappa shape index (κ2) is 7.80. The molecule has 1 saturated carbocycles. The average Bonchev–Trinajstić information content (AvgIpc) is 3.16. The summed E-state index contributed by atoms with van der Waals surface area (Å²) in [4.78, 5) is 2.77. The highest BCUT2D eigenvalue weighted by Gasteiger charge is 2.27. The first kappa shape index (κ1) is 17.0. The quantitative estimate of drug-likeness (QED) is 0.875. The van der Waals surface area contributed by atoms with Crippen molar-refractivity contribution < 1.29 is 0 Å². The lowest BCUT2D eigenvalue weighted by Gasteiger charge is -2.36. The third-order valence-corrected chi connectivity index (χ3v) is 5.80. The standard InChI is InChI=1S/C19H34N4/c1-15-12-17(3)23(21-15)14-16(2)20-13-18-8-10-22(11-9-18)19-6-4-5-7-19/h12,16,18-20H,4-11,13-14H2,1-3H3/t16-/m1/s1. The van der Waals surface area contributed by atoms with Crippen LogP contribution < -0.4 is 5.32 Å². The van der Waals surface area contributed by atoms with E-state index in [9.17, 15) is 0 Å². The number of piperidine rings is 1. The van der Waals surface area contributed by atoms with Crippen LogP contribution in [0.3, 0.4) is 0 Å². The summed E-state index contributed by atoms with van der Waals surface area (Å²) in [5.41, 5.74) is 2.38. The zero-order valence-electron chi connectivity index (χ0n) is 15.2. The summed E-state index contributed by atoms with van der Waals surface area (Å²) < 4.78 is 2.13. The summed E-state index contributed by atoms with van der Waals surface area (Å²) in [6.45, 7) is 11.3. The minimum absolute atomic E-state index is 0.487. The van der Waals surface area contributed by atoms with Crippen LogP contribution in [0.1, 0.15) is 56.8 Å². The molecule has 1 N–H and O–H groups in total. The van der Waals surface area contributed by atoms with Gasteiger partial charge in [0.2, 0.25) is 0 Å². The topological polar surface area (TPSA) is 33.1 Å². The van der Waals surface area contributed by atoms with Crippen molar-refractivity contribution in [2.24, 2.45) is 5.92 Å². The van der Waals surface area contributed by atoms with E-state index in [1.54, 1.807) is 0 Å². The number of likely N-dealkylation sites (tertiary alicyclic amines) is 1. The van der Waals surface area contributed by atoms with Crippen LogP contribution in [-0.4, -0.2) is 46.4 Å². The van der Waals surface area contributed by atoms with Gasteiger partial charge in [0, 0.05) is 17.8 Å². The molecule has 1 aromatic heterocycles. The lowest BCUT2D eigenvalue weighted by molar-refractivity contribution is 0.132. The monoisotopic (exact) mass is 318 g/mol. The predicted octanol–water partition coefficient (Wildman–Crippen LogP) is 3.13. The molecule has 1 aliphatic heterocycles. The number of hydrogen-bond acceptors (Lipinski definition) is 3. The molecule has 2 heterocycles. The summed E-state index contributed by atoms with van der Waals surface area (Å²) >= 11 is 0. The van der Waals surface area contributed by atoms with Crippen LogP contribution in [0.4, 0.5) is 0 Å². The Morgan fingerprint density at radius 3 is 2.48 bits per heavy atom. The van der Waals surface area contributed by atoms with E-state index in [4.69, 9.17) is 0 Å². The molecule has 3 rings (SSSR count). The average molecular weight is 319 g/mol. The number of aryl methyl sites for hydroxylation is 2. The molecule has 2 aliphatic rings. The number of hydrogen-bond donors (Lipinski definition) is 1. The Kier molecular flexibility index (Phi) is 5.76. The minimum atomic E-state index is 0.487. The highest BCUT2D eigenvalue weighted by atomic mass is 15.3. The van der Waals surface area contributed by atoms with Gasteiger partial charge in [-0.1, -0.05) is 12.8 Å². The smallest absolute Gasteiger partial charge is 0.0596 e. The number of nitrogens with zero attached hydrogens (tertiary/aromatic N) is 3. The van der Waals surface area contributed by atoms with E-state index in [0.717, 1.165) is 24.2 Å². The second-order valence-electron chi connectivity index (χ2n) is 7.84. The van der Waals surface area contributed by atoms with Crippen molar-refractivity contribution in [1.29, 1.82) is 0 Å². The maximum absolute atomic E-state index is 4.57. The first-order valence-electron chi connectivity index (χ1n) is 9.60. The van der Waals surface area contributed by atoms with Crippen molar-refractivity contribution in [1.82, 2.24) is 20.0 Å². The lowest BCUT2D eigenvalue weighted by atomic mass is 9.95. The van der Waals surface area contributed by atoms with Crippen molar-refractivity contribution in [3.8, 4) is 0 Å². The number of nitrogens with one attached hydrogen (secondary N) is 1. The SMILES string of the molecule is Cc1cc(C)n(C[C@@H](C)NCC2CCN(C3CCCC3)CC2)n1. The van der Waals surface area contributed by atoms with Gasteiger partial charge in [-0.25, -0.2) is 0 Å². The molecule has 4 heteroatoms. The van der Waals surface area contributed by atoms with Gasteiger partial charge in [0.05, 0.1) is 12.2 Å². The Hall–Kier alpha value is -0.870. The van der Waals surface area contributed by atoms with Crippen LogP contribution in [0.5, 0.6) is 0 Å². The molecule has 130 valence electrons. The van der Waals surface area contributed by atoms with Crippen LogP contribution in [0.15, 0.2) is 6.07 Å². The summed E-state index contributed by atoms with van der Waals surface area (Å²) in [5.74, 6) is 0.857. The van der Waals surface area contributed by atoms with Crippen LogP contribution in [0.2, 0.25) is 0 Å². The van der Waals surface area contributed by atoms with Crippen LogP contribution in [0, 0.1) is 19.8 Å². The van der Waals surface area contributed by atoms with Gasteiger partial charge < -0.3 is 10.2 Å².